The topological polar surface area (TPSA) is 99.7 Å². The molecule has 0 aliphatic carbocycles. The third-order valence-corrected chi connectivity index (χ3v) is 5.85. The van der Waals surface area contributed by atoms with Crippen molar-refractivity contribution in [2.24, 2.45) is 0 Å². The zero-order valence-electron chi connectivity index (χ0n) is 17.8. The molecule has 1 saturated heterocycles. The molecule has 8 nitrogen and oxygen atoms in total. The second-order valence-electron chi connectivity index (χ2n) is 8.19. The zero-order valence-corrected chi connectivity index (χ0v) is 17.8. The number of H-pyrrole nitrogens is 1. The molecule has 1 amide bonds. The Morgan fingerprint density at radius 2 is 1.84 bits per heavy atom. The molecule has 0 saturated carbocycles. The van der Waals surface area contributed by atoms with Crippen molar-refractivity contribution in [3.8, 4) is 11.1 Å². The molecule has 0 atom stereocenters. The van der Waals surface area contributed by atoms with Gasteiger partial charge in [0.1, 0.15) is 0 Å². The SMILES string of the molecule is O=C(Nc1ccnnc1)c1n[nH]c2ccc(-c3cncc(CN4CCCCCC4)c3)cc12. The average molecular weight is 428 g/mol. The molecule has 0 bridgehead atoms. The fourth-order valence-electron chi connectivity index (χ4n) is 4.21. The van der Waals surface area contributed by atoms with Gasteiger partial charge < -0.3 is 5.32 Å². The Labute approximate surface area is 186 Å². The molecule has 1 fully saturated rings. The van der Waals surface area contributed by atoms with Crippen LogP contribution in [0.2, 0.25) is 0 Å². The molecule has 1 aromatic carbocycles. The van der Waals surface area contributed by atoms with Gasteiger partial charge in [-0.25, -0.2) is 0 Å². The van der Waals surface area contributed by atoms with Crippen LogP contribution >= 0.6 is 0 Å². The molecule has 0 radical (unpaired) electrons. The number of nitrogens with zero attached hydrogens (tertiary/aromatic N) is 5. The summed E-state index contributed by atoms with van der Waals surface area (Å²) in [5, 5.41) is 18.3. The maximum Gasteiger partial charge on any atom is 0.276 e. The van der Waals surface area contributed by atoms with Gasteiger partial charge in [-0.1, -0.05) is 18.9 Å². The quantitative estimate of drug-likeness (QED) is 0.499. The average Bonchev–Trinajstić information content (AvgIpc) is 3.08. The van der Waals surface area contributed by atoms with Crippen LogP contribution in [0.25, 0.3) is 22.0 Å². The molecule has 5 rings (SSSR count). The van der Waals surface area contributed by atoms with Gasteiger partial charge >= 0.3 is 0 Å². The molecule has 0 spiro atoms. The highest BCUT2D eigenvalue weighted by Crippen LogP contribution is 2.26. The second kappa shape index (κ2) is 9.23. The summed E-state index contributed by atoms with van der Waals surface area (Å²) in [4.78, 5) is 19.8. The van der Waals surface area contributed by atoms with Crippen molar-refractivity contribution < 1.29 is 4.79 Å². The van der Waals surface area contributed by atoms with E-state index in [1.807, 2.05) is 30.6 Å². The summed E-state index contributed by atoms with van der Waals surface area (Å²) < 4.78 is 0. The van der Waals surface area contributed by atoms with Crippen molar-refractivity contribution in [1.29, 1.82) is 0 Å². The molecule has 3 aromatic heterocycles. The van der Waals surface area contributed by atoms with E-state index in [2.05, 4.69) is 41.7 Å². The van der Waals surface area contributed by atoms with E-state index in [0.717, 1.165) is 41.7 Å². The van der Waals surface area contributed by atoms with Gasteiger partial charge in [0.25, 0.3) is 5.91 Å². The van der Waals surface area contributed by atoms with Crippen LogP contribution in [0.4, 0.5) is 5.69 Å². The lowest BCUT2D eigenvalue weighted by molar-refractivity contribution is 0.102. The van der Waals surface area contributed by atoms with E-state index in [9.17, 15) is 4.79 Å². The number of pyridine rings is 1. The van der Waals surface area contributed by atoms with Gasteiger partial charge in [0, 0.05) is 29.9 Å². The molecule has 4 aromatic rings. The van der Waals surface area contributed by atoms with Gasteiger partial charge in [-0.3, -0.25) is 19.8 Å². The number of anilines is 1. The molecule has 4 heterocycles. The lowest BCUT2D eigenvalue weighted by Gasteiger charge is -2.19. The maximum atomic E-state index is 12.8. The summed E-state index contributed by atoms with van der Waals surface area (Å²) in [6, 6.07) is 9.85. The van der Waals surface area contributed by atoms with Gasteiger partial charge in [0.05, 0.1) is 23.6 Å². The molecule has 32 heavy (non-hydrogen) atoms. The number of rotatable bonds is 5. The number of nitrogens with one attached hydrogen (secondary N) is 2. The number of amides is 1. The Balaban J connectivity index is 1.40. The number of fused-ring (bicyclic) bond motifs is 1. The highest BCUT2D eigenvalue weighted by Gasteiger charge is 2.16. The third kappa shape index (κ3) is 4.50. The first-order valence-electron chi connectivity index (χ1n) is 11.0. The number of hydrogen-bond donors (Lipinski definition) is 2. The van der Waals surface area contributed by atoms with Crippen molar-refractivity contribution in [3.05, 3.63) is 66.4 Å². The third-order valence-electron chi connectivity index (χ3n) is 5.85. The standard InChI is InChI=1S/C24H25N7O/c32-24(28-20-7-8-26-27-15-20)23-21-12-18(5-6-22(21)29-30-23)19-11-17(13-25-14-19)16-31-9-3-1-2-4-10-31/h5-8,11-15H,1-4,9-10,16H2,(H,29,30)(H,26,28,32). The predicted octanol–water partition coefficient (Wildman–Crippen LogP) is 4.04. The number of hydrogen-bond acceptors (Lipinski definition) is 6. The first-order valence-corrected chi connectivity index (χ1v) is 11.0. The van der Waals surface area contributed by atoms with E-state index < -0.39 is 0 Å². The van der Waals surface area contributed by atoms with E-state index in [-0.39, 0.29) is 5.91 Å². The molecular formula is C24H25N7O. The van der Waals surface area contributed by atoms with Crippen molar-refractivity contribution in [2.75, 3.05) is 18.4 Å². The molecule has 1 aliphatic rings. The van der Waals surface area contributed by atoms with E-state index in [1.165, 1.54) is 43.6 Å². The van der Waals surface area contributed by atoms with E-state index in [4.69, 9.17) is 0 Å². The van der Waals surface area contributed by atoms with Crippen LogP contribution in [-0.2, 0) is 6.54 Å². The van der Waals surface area contributed by atoms with Crippen LogP contribution in [0, 0.1) is 0 Å². The molecule has 1 aliphatic heterocycles. The number of carbonyl (C=O) groups excluding carboxylic acids is 1. The first kappa shape index (κ1) is 20.3. The largest absolute Gasteiger partial charge is 0.319 e. The summed E-state index contributed by atoms with van der Waals surface area (Å²) in [6.07, 6.45) is 12.0. The first-order chi connectivity index (χ1) is 15.8. The normalized spacial score (nSPS) is 14.9. The Kier molecular flexibility index (Phi) is 5.85. The number of likely N-dealkylation sites (tertiary alicyclic amines) is 1. The number of carbonyl (C=O) groups is 1. The van der Waals surface area contributed by atoms with Crippen LogP contribution in [0.1, 0.15) is 41.7 Å². The van der Waals surface area contributed by atoms with Crippen LogP contribution in [0.3, 0.4) is 0 Å². The lowest BCUT2D eigenvalue weighted by atomic mass is 10.0. The minimum absolute atomic E-state index is 0.297. The second-order valence-corrected chi connectivity index (χ2v) is 8.19. The zero-order chi connectivity index (χ0) is 21.8. The Morgan fingerprint density at radius 3 is 2.66 bits per heavy atom. The Hall–Kier alpha value is -3.65. The number of aromatic amines is 1. The minimum Gasteiger partial charge on any atom is -0.319 e. The smallest absolute Gasteiger partial charge is 0.276 e. The molecular weight excluding hydrogens is 402 g/mol. The van der Waals surface area contributed by atoms with Crippen LogP contribution in [-0.4, -0.2) is 49.3 Å². The van der Waals surface area contributed by atoms with E-state index >= 15 is 0 Å². The summed E-state index contributed by atoms with van der Waals surface area (Å²) in [5.74, 6) is -0.297. The van der Waals surface area contributed by atoms with Crippen LogP contribution in [0.5, 0.6) is 0 Å². The van der Waals surface area contributed by atoms with Crippen LogP contribution in [0.15, 0.2) is 55.1 Å². The van der Waals surface area contributed by atoms with Crippen molar-refractivity contribution in [1.82, 2.24) is 30.3 Å². The predicted molar refractivity (Wildman–Crippen MR) is 123 cm³/mol. The maximum absolute atomic E-state index is 12.8. The van der Waals surface area contributed by atoms with Crippen LogP contribution < -0.4 is 5.32 Å². The highest BCUT2D eigenvalue weighted by atomic mass is 16.1. The van der Waals surface area contributed by atoms with Crippen molar-refractivity contribution in [3.63, 3.8) is 0 Å². The number of aromatic nitrogens is 5. The highest BCUT2D eigenvalue weighted by molar-refractivity contribution is 6.11. The molecule has 2 N–H and O–H groups in total. The monoisotopic (exact) mass is 427 g/mol. The Morgan fingerprint density at radius 1 is 0.969 bits per heavy atom. The minimum atomic E-state index is -0.297. The molecule has 162 valence electrons. The fraction of sp³-hybridized carbons (Fsp3) is 0.292. The molecule has 8 heteroatoms. The summed E-state index contributed by atoms with van der Waals surface area (Å²) in [6.45, 7) is 3.22. The summed E-state index contributed by atoms with van der Waals surface area (Å²) in [5.41, 5.74) is 4.96. The van der Waals surface area contributed by atoms with Crippen molar-refractivity contribution >= 4 is 22.5 Å². The van der Waals surface area contributed by atoms with Gasteiger partial charge in [-0.15, -0.1) is 0 Å². The molecule has 0 unspecified atom stereocenters. The fourth-order valence-corrected chi connectivity index (χ4v) is 4.21. The summed E-state index contributed by atoms with van der Waals surface area (Å²) >= 11 is 0. The number of benzene rings is 1. The Bertz CT molecular complexity index is 1210. The summed E-state index contributed by atoms with van der Waals surface area (Å²) in [7, 11) is 0. The van der Waals surface area contributed by atoms with Gasteiger partial charge in [0.2, 0.25) is 0 Å². The lowest BCUT2D eigenvalue weighted by Crippen LogP contribution is -2.24. The van der Waals surface area contributed by atoms with E-state index in [1.54, 1.807) is 6.07 Å². The van der Waals surface area contributed by atoms with Gasteiger partial charge in [0.15, 0.2) is 5.69 Å². The van der Waals surface area contributed by atoms with Gasteiger partial charge in [-0.2, -0.15) is 15.3 Å². The van der Waals surface area contributed by atoms with Gasteiger partial charge in [-0.05, 0) is 61.3 Å². The van der Waals surface area contributed by atoms with E-state index in [0.29, 0.717) is 11.4 Å². The van der Waals surface area contributed by atoms with Crippen molar-refractivity contribution in [2.45, 2.75) is 32.2 Å².